The standard InChI is InChI=1S/C14H17Cl/c1-10(2)9-14(12(4)15)13-7-5-11(3)6-8-13/h5-9H,1-4H3/b14-12-. The van der Waals surface area contributed by atoms with Crippen LogP contribution in [0.4, 0.5) is 0 Å². The van der Waals surface area contributed by atoms with Crippen LogP contribution in [0.25, 0.3) is 5.57 Å². The van der Waals surface area contributed by atoms with Gasteiger partial charge in [-0.3, -0.25) is 0 Å². The molecule has 0 spiro atoms. The Hall–Kier alpha value is -1.01. The average molecular weight is 221 g/mol. The minimum Gasteiger partial charge on any atom is -0.0888 e. The van der Waals surface area contributed by atoms with Gasteiger partial charge >= 0.3 is 0 Å². The molecular formula is C14H17Cl. The molecule has 0 amide bonds. The highest BCUT2D eigenvalue weighted by atomic mass is 35.5. The van der Waals surface area contributed by atoms with Crippen LogP contribution in [-0.4, -0.2) is 0 Å². The highest BCUT2D eigenvalue weighted by molar-refractivity contribution is 6.32. The third-order valence-corrected chi connectivity index (χ3v) is 2.37. The van der Waals surface area contributed by atoms with E-state index in [9.17, 15) is 0 Å². The molecule has 0 bridgehead atoms. The fourth-order valence-corrected chi connectivity index (χ4v) is 1.57. The van der Waals surface area contributed by atoms with Crippen molar-refractivity contribution >= 4 is 17.2 Å². The van der Waals surface area contributed by atoms with E-state index < -0.39 is 0 Å². The first-order valence-corrected chi connectivity index (χ1v) is 5.47. The molecule has 0 fully saturated rings. The Bertz CT molecular complexity index is 386. The summed E-state index contributed by atoms with van der Waals surface area (Å²) in [4.78, 5) is 0. The van der Waals surface area contributed by atoms with Crippen LogP contribution in [-0.2, 0) is 0 Å². The summed E-state index contributed by atoms with van der Waals surface area (Å²) in [7, 11) is 0. The van der Waals surface area contributed by atoms with Crippen molar-refractivity contribution in [3.05, 3.63) is 52.1 Å². The monoisotopic (exact) mass is 220 g/mol. The fraction of sp³-hybridized carbons (Fsp3) is 0.286. The molecule has 15 heavy (non-hydrogen) atoms. The lowest BCUT2D eigenvalue weighted by Gasteiger charge is -2.05. The molecule has 0 atom stereocenters. The molecule has 0 saturated carbocycles. The Labute approximate surface area is 97.3 Å². The molecule has 1 heteroatoms. The lowest BCUT2D eigenvalue weighted by molar-refractivity contribution is 1.38. The highest BCUT2D eigenvalue weighted by Gasteiger charge is 2.01. The van der Waals surface area contributed by atoms with Gasteiger partial charge < -0.3 is 0 Å². The molecule has 0 aliphatic heterocycles. The molecule has 0 nitrogen and oxygen atoms in total. The van der Waals surface area contributed by atoms with E-state index >= 15 is 0 Å². The van der Waals surface area contributed by atoms with E-state index in [1.54, 1.807) is 0 Å². The molecule has 1 aromatic carbocycles. The molecule has 0 aromatic heterocycles. The lowest BCUT2D eigenvalue weighted by Crippen LogP contribution is -1.84. The van der Waals surface area contributed by atoms with Crippen LogP contribution in [0.3, 0.4) is 0 Å². The summed E-state index contributed by atoms with van der Waals surface area (Å²) in [5, 5.41) is 0.833. The van der Waals surface area contributed by atoms with Gasteiger partial charge in [-0.05, 0) is 38.8 Å². The molecule has 0 aliphatic rings. The van der Waals surface area contributed by atoms with E-state index in [0.717, 1.165) is 10.6 Å². The van der Waals surface area contributed by atoms with E-state index in [2.05, 4.69) is 51.1 Å². The van der Waals surface area contributed by atoms with E-state index in [-0.39, 0.29) is 0 Å². The van der Waals surface area contributed by atoms with Gasteiger partial charge in [0, 0.05) is 5.03 Å². The minimum absolute atomic E-state index is 0.833. The molecule has 0 aliphatic carbocycles. The second-order valence-electron chi connectivity index (χ2n) is 4.03. The zero-order valence-electron chi connectivity index (χ0n) is 9.76. The molecule has 80 valence electrons. The predicted molar refractivity (Wildman–Crippen MR) is 69.1 cm³/mol. The SMILES string of the molecule is CC(C)=C/C(=C(\C)Cl)c1ccc(C)cc1. The summed E-state index contributed by atoms with van der Waals surface area (Å²) in [5.41, 5.74) is 4.80. The molecule has 1 rings (SSSR count). The third kappa shape index (κ3) is 3.56. The normalized spacial score (nSPS) is 12.1. The topological polar surface area (TPSA) is 0 Å². The minimum atomic E-state index is 0.833. The molecule has 0 radical (unpaired) electrons. The van der Waals surface area contributed by atoms with E-state index in [1.165, 1.54) is 16.7 Å². The van der Waals surface area contributed by atoms with E-state index in [0.29, 0.717) is 0 Å². The summed E-state index contributed by atoms with van der Waals surface area (Å²) in [6.45, 7) is 8.17. The van der Waals surface area contributed by atoms with Crippen LogP contribution in [0, 0.1) is 6.92 Å². The number of halogens is 1. The second kappa shape index (κ2) is 5.18. The van der Waals surface area contributed by atoms with Crippen molar-refractivity contribution in [2.24, 2.45) is 0 Å². The number of allylic oxidation sites excluding steroid dienone is 4. The Morgan fingerprint density at radius 1 is 1.07 bits per heavy atom. The van der Waals surface area contributed by atoms with Gasteiger partial charge in [-0.2, -0.15) is 0 Å². The van der Waals surface area contributed by atoms with E-state index in [1.807, 2.05) is 6.92 Å². The number of hydrogen-bond donors (Lipinski definition) is 0. The van der Waals surface area contributed by atoms with Gasteiger partial charge in [0.15, 0.2) is 0 Å². The van der Waals surface area contributed by atoms with Crippen LogP contribution in [0.15, 0.2) is 40.9 Å². The molecule has 1 aromatic rings. The van der Waals surface area contributed by atoms with Gasteiger partial charge in [-0.1, -0.05) is 53.1 Å². The summed E-state index contributed by atoms with van der Waals surface area (Å²) in [6.07, 6.45) is 2.12. The van der Waals surface area contributed by atoms with Crippen LogP contribution in [0.1, 0.15) is 31.9 Å². The number of benzene rings is 1. The van der Waals surface area contributed by atoms with Crippen molar-refractivity contribution in [2.75, 3.05) is 0 Å². The van der Waals surface area contributed by atoms with Crippen LogP contribution >= 0.6 is 11.6 Å². The van der Waals surface area contributed by atoms with Crippen molar-refractivity contribution in [3.63, 3.8) is 0 Å². The summed E-state index contributed by atoms with van der Waals surface area (Å²) < 4.78 is 0. The Morgan fingerprint density at radius 2 is 1.60 bits per heavy atom. The molecule has 0 saturated heterocycles. The van der Waals surface area contributed by atoms with E-state index in [4.69, 9.17) is 11.6 Å². The first-order valence-electron chi connectivity index (χ1n) is 5.09. The molecular weight excluding hydrogens is 204 g/mol. The zero-order valence-corrected chi connectivity index (χ0v) is 10.5. The van der Waals surface area contributed by atoms with Crippen molar-refractivity contribution in [1.82, 2.24) is 0 Å². The summed E-state index contributed by atoms with van der Waals surface area (Å²) in [6, 6.07) is 8.42. The average Bonchev–Trinajstić information content (AvgIpc) is 2.15. The predicted octanol–water partition coefficient (Wildman–Crippen LogP) is 4.93. The largest absolute Gasteiger partial charge is 0.0888 e. The first kappa shape index (κ1) is 12.1. The van der Waals surface area contributed by atoms with Crippen LogP contribution in [0.5, 0.6) is 0 Å². The molecule has 0 heterocycles. The van der Waals surface area contributed by atoms with Crippen molar-refractivity contribution in [3.8, 4) is 0 Å². The van der Waals surface area contributed by atoms with Crippen LogP contribution in [0.2, 0.25) is 0 Å². The van der Waals surface area contributed by atoms with Crippen LogP contribution < -0.4 is 0 Å². The smallest absolute Gasteiger partial charge is 0.0228 e. The van der Waals surface area contributed by atoms with Crippen molar-refractivity contribution < 1.29 is 0 Å². The Kier molecular flexibility index (Phi) is 4.16. The maximum atomic E-state index is 6.10. The third-order valence-electron chi connectivity index (χ3n) is 2.17. The number of rotatable bonds is 2. The molecule has 0 unspecified atom stereocenters. The Morgan fingerprint density at radius 3 is 2.00 bits per heavy atom. The zero-order chi connectivity index (χ0) is 11.4. The van der Waals surface area contributed by atoms with Gasteiger partial charge in [-0.15, -0.1) is 0 Å². The number of aryl methyl sites for hydroxylation is 1. The van der Waals surface area contributed by atoms with Gasteiger partial charge in [0.2, 0.25) is 0 Å². The van der Waals surface area contributed by atoms with Crippen molar-refractivity contribution in [2.45, 2.75) is 27.7 Å². The summed E-state index contributed by atoms with van der Waals surface area (Å²) >= 11 is 6.10. The maximum Gasteiger partial charge on any atom is 0.0228 e. The fourth-order valence-electron chi connectivity index (χ4n) is 1.40. The molecule has 0 N–H and O–H groups in total. The quantitative estimate of drug-likeness (QED) is 0.620. The van der Waals surface area contributed by atoms with Gasteiger partial charge in [0.25, 0.3) is 0 Å². The number of hydrogen-bond acceptors (Lipinski definition) is 0. The Balaban J connectivity index is 3.18. The first-order chi connectivity index (χ1) is 7.00. The van der Waals surface area contributed by atoms with Gasteiger partial charge in [0.1, 0.15) is 0 Å². The highest BCUT2D eigenvalue weighted by Crippen LogP contribution is 2.24. The maximum absolute atomic E-state index is 6.10. The van der Waals surface area contributed by atoms with Crippen molar-refractivity contribution in [1.29, 1.82) is 0 Å². The second-order valence-corrected chi connectivity index (χ2v) is 4.60. The lowest BCUT2D eigenvalue weighted by atomic mass is 10.0. The van der Waals surface area contributed by atoms with Gasteiger partial charge in [-0.25, -0.2) is 0 Å². The summed E-state index contributed by atoms with van der Waals surface area (Å²) in [5.74, 6) is 0. The van der Waals surface area contributed by atoms with Gasteiger partial charge in [0.05, 0.1) is 0 Å².